The molecule has 102 valence electrons. The molecule has 1 fully saturated rings. The number of halogens is 1. The van der Waals surface area contributed by atoms with E-state index < -0.39 is 5.54 Å². The molecule has 1 aromatic carbocycles. The van der Waals surface area contributed by atoms with Crippen LogP contribution in [0.4, 0.5) is 5.69 Å². The van der Waals surface area contributed by atoms with E-state index in [0.717, 1.165) is 10.2 Å². The molecule has 19 heavy (non-hydrogen) atoms. The summed E-state index contributed by atoms with van der Waals surface area (Å²) < 4.78 is 0.964. The molecule has 1 N–H and O–H groups in total. The molecule has 1 unspecified atom stereocenters. The number of carbonyl (C=O) groups excluding carboxylic acids is 2. The fourth-order valence-electron chi connectivity index (χ4n) is 2.14. The molecule has 5 heteroatoms. The first kappa shape index (κ1) is 14.1. The number of rotatable bonds is 2. The summed E-state index contributed by atoms with van der Waals surface area (Å²) in [7, 11) is 0. The predicted octanol–water partition coefficient (Wildman–Crippen LogP) is 2.47. The van der Waals surface area contributed by atoms with Gasteiger partial charge in [0.1, 0.15) is 5.54 Å². The van der Waals surface area contributed by atoms with Gasteiger partial charge in [0.2, 0.25) is 5.91 Å². The van der Waals surface area contributed by atoms with Crippen LogP contribution in [0.3, 0.4) is 0 Å². The lowest BCUT2D eigenvalue weighted by atomic mass is 9.97. The molecule has 0 spiro atoms. The summed E-state index contributed by atoms with van der Waals surface area (Å²) in [5, 5.41) is 2.83. The van der Waals surface area contributed by atoms with Gasteiger partial charge in [-0.3, -0.25) is 9.59 Å². The van der Waals surface area contributed by atoms with Crippen molar-refractivity contribution in [3.63, 3.8) is 0 Å². The van der Waals surface area contributed by atoms with Crippen LogP contribution < -0.4 is 10.2 Å². The normalized spacial score (nSPS) is 24.1. The molecule has 2 amide bonds. The van der Waals surface area contributed by atoms with Gasteiger partial charge in [-0.1, -0.05) is 22.9 Å². The largest absolute Gasteiger partial charge is 0.342 e. The number of hydrogen-bond acceptors (Lipinski definition) is 2. The van der Waals surface area contributed by atoms with E-state index in [0.29, 0.717) is 19.4 Å². The zero-order chi connectivity index (χ0) is 14.0. The second-order valence-electron chi connectivity index (χ2n) is 4.92. The molecule has 1 atom stereocenters. The van der Waals surface area contributed by atoms with Crippen LogP contribution in [0.15, 0.2) is 28.7 Å². The number of nitrogens with one attached hydrogen (secondary N) is 1. The predicted molar refractivity (Wildman–Crippen MR) is 78.0 cm³/mol. The Morgan fingerprint density at radius 3 is 2.53 bits per heavy atom. The van der Waals surface area contributed by atoms with E-state index in [-0.39, 0.29) is 11.8 Å². The van der Waals surface area contributed by atoms with Crippen molar-refractivity contribution >= 4 is 33.4 Å². The third kappa shape index (κ3) is 2.81. The Bertz CT molecular complexity index is 501. The Labute approximate surface area is 121 Å². The molecule has 1 saturated heterocycles. The van der Waals surface area contributed by atoms with Crippen molar-refractivity contribution in [2.45, 2.75) is 32.2 Å². The van der Waals surface area contributed by atoms with Gasteiger partial charge in [-0.15, -0.1) is 0 Å². The number of nitrogens with zero attached hydrogens (tertiary/aromatic N) is 1. The number of carbonyl (C=O) groups is 2. The number of anilines is 1. The van der Waals surface area contributed by atoms with Crippen molar-refractivity contribution in [2.24, 2.45) is 0 Å². The van der Waals surface area contributed by atoms with Crippen molar-refractivity contribution in [3.05, 3.63) is 28.7 Å². The fraction of sp³-hybridized carbons (Fsp3) is 0.429. The minimum Gasteiger partial charge on any atom is -0.342 e. The molecule has 1 aliphatic rings. The minimum absolute atomic E-state index is 0.0526. The van der Waals surface area contributed by atoms with Crippen LogP contribution in [0.5, 0.6) is 0 Å². The van der Waals surface area contributed by atoms with Crippen molar-refractivity contribution in [1.29, 1.82) is 0 Å². The summed E-state index contributed by atoms with van der Waals surface area (Å²) >= 11 is 3.38. The molecule has 1 aromatic rings. The highest BCUT2D eigenvalue weighted by atomic mass is 79.9. The maximum atomic E-state index is 12.6. The van der Waals surface area contributed by atoms with Crippen LogP contribution in [0.2, 0.25) is 0 Å². The lowest BCUT2D eigenvalue weighted by Crippen LogP contribution is -2.54. The van der Waals surface area contributed by atoms with Gasteiger partial charge in [0.05, 0.1) is 0 Å². The molecule has 1 heterocycles. The van der Waals surface area contributed by atoms with Crippen LogP contribution in [0, 0.1) is 0 Å². The molecule has 0 bridgehead atoms. The Balaban J connectivity index is 2.36. The molecule has 0 radical (unpaired) electrons. The average Bonchev–Trinajstić information content (AvgIpc) is 2.50. The zero-order valence-corrected chi connectivity index (χ0v) is 12.7. The Morgan fingerprint density at radius 2 is 1.95 bits per heavy atom. The van der Waals surface area contributed by atoms with Gasteiger partial charge in [0.15, 0.2) is 0 Å². The van der Waals surface area contributed by atoms with E-state index in [1.807, 2.05) is 31.2 Å². The maximum absolute atomic E-state index is 12.6. The second-order valence-corrected chi connectivity index (χ2v) is 5.83. The standard InChI is InChI=1S/C14H17BrN2O2/c1-3-14(2)13(19)17(9-8-12(18)16-14)11-6-4-10(15)5-7-11/h4-7H,3,8-9H2,1-2H3,(H,16,18). The van der Waals surface area contributed by atoms with Gasteiger partial charge < -0.3 is 10.2 Å². The summed E-state index contributed by atoms with van der Waals surface area (Å²) in [6, 6.07) is 7.56. The van der Waals surface area contributed by atoms with Gasteiger partial charge in [-0.25, -0.2) is 0 Å². The zero-order valence-electron chi connectivity index (χ0n) is 11.1. The first-order valence-corrected chi connectivity index (χ1v) is 7.14. The summed E-state index contributed by atoms with van der Waals surface area (Å²) in [6.45, 7) is 4.11. The van der Waals surface area contributed by atoms with Crippen molar-refractivity contribution < 1.29 is 9.59 Å². The molecular weight excluding hydrogens is 308 g/mol. The topological polar surface area (TPSA) is 49.4 Å². The van der Waals surface area contributed by atoms with E-state index in [1.54, 1.807) is 11.8 Å². The Morgan fingerprint density at radius 1 is 1.32 bits per heavy atom. The molecule has 2 rings (SSSR count). The van der Waals surface area contributed by atoms with Gasteiger partial charge >= 0.3 is 0 Å². The first-order valence-electron chi connectivity index (χ1n) is 6.35. The third-order valence-corrected chi connectivity index (χ3v) is 4.07. The molecule has 0 aromatic heterocycles. The van der Waals surface area contributed by atoms with Crippen molar-refractivity contribution in [1.82, 2.24) is 5.32 Å². The van der Waals surface area contributed by atoms with Crippen LogP contribution in [0.25, 0.3) is 0 Å². The van der Waals surface area contributed by atoms with E-state index in [4.69, 9.17) is 0 Å². The second kappa shape index (κ2) is 5.33. The van der Waals surface area contributed by atoms with Crippen LogP contribution in [0.1, 0.15) is 26.7 Å². The highest BCUT2D eigenvalue weighted by Crippen LogP contribution is 2.25. The average molecular weight is 325 g/mol. The SMILES string of the molecule is CCC1(C)NC(=O)CCN(c2ccc(Br)cc2)C1=O. The lowest BCUT2D eigenvalue weighted by molar-refractivity contribution is -0.129. The van der Waals surface area contributed by atoms with Gasteiger partial charge in [0.25, 0.3) is 5.91 Å². The van der Waals surface area contributed by atoms with Crippen LogP contribution in [-0.4, -0.2) is 23.9 Å². The monoisotopic (exact) mass is 324 g/mol. The number of hydrogen-bond donors (Lipinski definition) is 1. The molecule has 0 saturated carbocycles. The molecule has 1 aliphatic heterocycles. The summed E-state index contributed by atoms with van der Waals surface area (Å²) in [5.41, 5.74) is 0.00470. The van der Waals surface area contributed by atoms with E-state index in [9.17, 15) is 9.59 Å². The molecule has 4 nitrogen and oxygen atoms in total. The lowest BCUT2D eigenvalue weighted by Gasteiger charge is -2.31. The Kier molecular flexibility index (Phi) is 3.94. The highest BCUT2D eigenvalue weighted by Gasteiger charge is 2.39. The highest BCUT2D eigenvalue weighted by molar-refractivity contribution is 9.10. The van der Waals surface area contributed by atoms with E-state index in [1.165, 1.54) is 0 Å². The van der Waals surface area contributed by atoms with Gasteiger partial charge in [0, 0.05) is 23.1 Å². The fourth-order valence-corrected chi connectivity index (χ4v) is 2.41. The third-order valence-electron chi connectivity index (χ3n) is 3.54. The minimum atomic E-state index is -0.819. The number of benzene rings is 1. The summed E-state index contributed by atoms with van der Waals surface area (Å²) in [4.78, 5) is 26.1. The summed E-state index contributed by atoms with van der Waals surface area (Å²) in [5.74, 6) is -0.125. The Hall–Kier alpha value is -1.36. The van der Waals surface area contributed by atoms with Crippen molar-refractivity contribution in [2.75, 3.05) is 11.4 Å². The molecular formula is C14H17BrN2O2. The maximum Gasteiger partial charge on any atom is 0.252 e. The molecule has 0 aliphatic carbocycles. The number of amides is 2. The van der Waals surface area contributed by atoms with Gasteiger partial charge in [-0.05, 0) is 37.6 Å². The van der Waals surface area contributed by atoms with Crippen molar-refractivity contribution in [3.8, 4) is 0 Å². The summed E-state index contributed by atoms with van der Waals surface area (Å²) in [6.07, 6.45) is 0.905. The van der Waals surface area contributed by atoms with E-state index in [2.05, 4.69) is 21.2 Å². The smallest absolute Gasteiger partial charge is 0.252 e. The first-order chi connectivity index (χ1) is 8.96. The quantitative estimate of drug-likeness (QED) is 0.908. The van der Waals surface area contributed by atoms with Crippen LogP contribution in [-0.2, 0) is 9.59 Å². The van der Waals surface area contributed by atoms with Crippen LogP contribution >= 0.6 is 15.9 Å². The van der Waals surface area contributed by atoms with Gasteiger partial charge in [-0.2, -0.15) is 0 Å². The van der Waals surface area contributed by atoms with E-state index >= 15 is 0 Å².